The molecule has 21 heavy (non-hydrogen) atoms. The smallest absolute Gasteiger partial charge is 0.255 e. The Bertz CT molecular complexity index is 628. The number of benzene rings is 1. The van der Waals surface area contributed by atoms with E-state index in [2.05, 4.69) is 15.7 Å². The first-order chi connectivity index (χ1) is 10.1. The molecular weight excluding hydrogens is 271 g/mol. The van der Waals surface area contributed by atoms with Crippen LogP contribution in [0.4, 0.5) is 10.1 Å². The number of carbonyl (C=O) groups excluding carboxylic acids is 1. The quantitative estimate of drug-likeness (QED) is 0.579. The topological polar surface area (TPSA) is 80.0 Å². The number of pyridine rings is 1. The van der Waals surface area contributed by atoms with Crippen LogP contribution in [0.15, 0.2) is 36.5 Å². The molecule has 0 radical (unpaired) electrons. The molecule has 0 aliphatic rings. The minimum absolute atomic E-state index is 0.252. The van der Waals surface area contributed by atoms with Crippen LogP contribution in [-0.4, -0.2) is 17.4 Å². The summed E-state index contributed by atoms with van der Waals surface area (Å²) in [7, 11) is 0. The normalized spacial score (nSPS) is 10.2. The van der Waals surface area contributed by atoms with Crippen LogP contribution in [0.2, 0.25) is 0 Å². The van der Waals surface area contributed by atoms with Gasteiger partial charge in [-0.25, -0.2) is 4.39 Å². The van der Waals surface area contributed by atoms with Crippen LogP contribution in [0, 0.1) is 12.7 Å². The molecule has 0 spiro atoms. The number of nitrogens with zero attached hydrogens (tertiary/aromatic N) is 1. The van der Waals surface area contributed by atoms with Gasteiger partial charge < -0.3 is 10.7 Å². The Labute approximate surface area is 122 Å². The van der Waals surface area contributed by atoms with E-state index in [1.54, 1.807) is 18.2 Å². The fraction of sp³-hybridized carbons (Fsp3) is 0.200. The average molecular weight is 288 g/mol. The van der Waals surface area contributed by atoms with Gasteiger partial charge in [0.1, 0.15) is 5.82 Å². The van der Waals surface area contributed by atoms with E-state index in [4.69, 9.17) is 5.84 Å². The van der Waals surface area contributed by atoms with E-state index in [1.165, 1.54) is 18.3 Å². The molecule has 0 saturated carbocycles. The van der Waals surface area contributed by atoms with Crippen LogP contribution in [0.25, 0.3) is 0 Å². The molecule has 2 aromatic rings. The second-order valence-electron chi connectivity index (χ2n) is 4.65. The molecule has 0 fully saturated rings. The molecule has 1 amide bonds. The molecule has 0 saturated heterocycles. The summed E-state index contributed by atoms with van der Waals surface area (Å²) in [6.45, 7) is 2.26. The first-order valence-corrected chi connectivity index (χ1v) is 6.56. The van der Waals surface area contributed by atoms with Crippen molar-refractivity contribution in [3.8, 4) is 0 Å². The van der Waals surface area contributed by atoms with E-state index in [1.807, 2.05) is 6.92 Å². The molecule has 110 valence electrons. The van der Waals surface area contributed by atoms with Gasteiger partial charge in [-0.05, 0) is 37.1 Å². The summed E-state index contributed by atoms with van der Waals surface area (Å²) in [5, 5.41) is 2.79. The summed E-state index contributed by atoms with van der Waals surface area (Å²) >= 11 is 0. The molecule has 4 N–H and O–H groups in total. The molecule has 0 aliphatic carbocycles. The Morgan fingerprint density at radius 3 is 2.71 bits per heavy atom. The Hall–Kier alpha value is -2.47. The van der Waals surface area contributed by atoms with Crippen molar-refractivity contribution in [3.05, 3.63) is 59.2 Å². The second kappa shape index (κ2) is 6.81. The number of aromatic nitrogens is 1. The van der Waals surface area contributed by atoms with E-state index in [-0.39, 0.29) is 11.7 Å². The summed E-state index contributed by atoms with van der Waals surface area (Å²) < 4.78 is 12.8. The summed E-state index contributed by atoms with van der Waals surface area (Å²) in [6, 6.07) is 7.90. The standard InChI is InChI=1S/C15H17FN4O/c1-10-8-14(20-17)13(9-19-10)15(21)18-7-6-11-2-4-12(16)5-3-11/h2-5,8-9H,6-7,17H2,1H3,(H,18,21)(H,19,20). The highest BCUT2D eigenvalue weighted by Gasteiger charge is 2.11. The van der Waals surface area contributed by atoms with E-state index in [9.17, 15) is 9.18 Å². The van der Waals surface area contributed by atoms with Crippen molar-refractivity contribution < 1.29 is 9.18 Å². The number of hydrogen-bond donors (Lipinski definition) is 3. The van der Waals surface area contributed by atoms with Crippen molar-refractivity contribution in [2.24, 2.45) is 5.84 Å². The molecule has 0 unspecified atom stereocenters. The monoisotopic (exact) mass is 288 g/mol. The number of nitrogens with one attached hydrogen (secondary N) is 2. The van der Waals surface area contributed by atoms with Crippen LogP contribution in [-0.2, 0) is 6.42 Å². The number of hydrogen-bond acceptors (Lipinski definition) is 4. The zero-order valence-electron chi connectivity index (χ0n) is 11.7. The van der Waals surface area contributed by atoms with E-state index < -0.39 is 0 Å². The van der Waals surface area contributed by atoms with Crippen molar-refractivity contribution in [1.29, 1.82) is 0 Å². The van der Waals surface area contributed by atoms with Crippen molar-refractivity contribution in [1.82, 2.24) is 10.3 Å². The molecule has 0 bridgehead atoms. The van der Waals surface area contributed by atoms with E-state index in [0.29, 0.717) is 24.2 Å². The Balaban J connectivity index is 1.94. The van der Waals surface area contributed by atoms with Gasteiger partial charge in [-0.3, -0.25) is 15.6 Å². The van der Waals surface area contributed by atoms with Gasteiger partial charge in [-0.2, -0.15) is 0 Å². The lowest BCUT2D eigenvalue weighted by Gasteiger charge is -2.10. The van der Waals surface area contributed by atoms with Gasteiger partial charge in [0.25, 0.3) is 5.91 Å². The Morgan fingerprint density at radius 1 is 1.33 bits per heavy atom. The predicted octanol–water partition coefficient (Wildman–Crippen LogP) is 1.79. The average Bonchev–Trinajstić information content (AvgIpc) is 2.49. The zero-order chi connectivity index (χ0) is 15.2. The third-order valence-electron chi connectivity index (χ3n) is 3.05. The van der Waals surface area contributed by atoms with E-state index >= 15 is 0 Å². The van der Waals surface area contributed by atoms with Gasteiger partial charge in [0.05, 0.1) is 11.3 Å². The molecular formula is C15H17FN4O. The number of aryl methyl sites for hydroxylation is 1. The highest BCUT2D eigenvalue weighted by Crippen LogP contribution is 2.14. The maximum Gasteiger partial charge on any atom is 0.255 e. The highest BCUT2D eigenvalue weighted by molar-refractivity contribution is 5.99. The molecule has 6 heteroatoms. The lowest BCUT2D eigenvalue weighted by Crippen LogP contribution is -2.27. The van der Waals surface area contributed by atoms with Crippen LogP contribution in [0.3, 0.4) is 0 Å². The first-order valence-electron chi connectivity index (χ1n) is 6.56. The second-order valence-corrected chi connectivity index (χ2v) is 4.65. The Morgan fingerprint density at radius 2 is 2.05 bits per heavy atom. The van der Waals surface area contributed by atoms with Gasteiger partial charge in [0, 0.05) is 18.4 Å². The van der Waals surface area contributed by atoms with Crippen LogP contribution < -0.4 is 16.6 Å². The first kappa shape index (κ1) is 14.9. The fourth-order valence-electron chi connectivity index (χ4n) is 1.93. The Kier molecular flexibility index (Phi) is 4.84. The molecule has 1 aromatic heterocycles. The number of carbonyl (C=O) groups is 1. The van der Waals surface area contributed by atoms with Crippen LogP contribution in [0.1, 0.15) is 21.6 Å². The van der Waals surface area contributed by atoms with Crippen molar-refractivity contribution >= 4 is 11.6 Å². The summed E-state index contributed by atoms with van der Waals surface area (Å²) in [4.78, 5) is 16.2. The van der Waals surface area contributed by atoms with Crippen LogP contribution in [0.5, 0.6) is 0 Å². The SMILES string of the molecule is Cc1cc(NN)c(C(=O)NCCc2ccc(F)cc2)cn1. The third-order valence-corrected chi connectivity index (χ3v) is 3.05. The number of nitrogens with two attached hydrogens (primary N) is 1. The van der Waals surface area contributed by atoms with Gasteiger partial charge in [0.15, 0.2) is 0 Å². The lowest BCUT2D eigenvalue weighted by atomic mass is 10.1. The zero-order valence-corrected chi connectivity index (χ0v) is 11.7. The molecule has 0 atom stereocenters. The molecule has 2 rings (SSSR count). The predicted molar refractivity (Wildman–Crippen MR) is 79.2 cm³/mol. The molecule has 5 nitrogen and oxygen atoms in total. The summed E-state index contributed by atoms with van der Waals surface area (Å²) in [5.74, 6) is 4.87. The van der Waals surface area contributed by atoms with Gasteiger partial charge in [-0.15, -0.1) is 0 Å². The van der Waals surface area contributed by atoms with Crippen LogP contribution >= 0.6 is 0 Å². The molecule has 1 aromatic carbocycles. The highest BCUT2D eigenvalue weighted by atomic mass is 19.1. The number of nitrogen functional groups attached to an aromatic ring is 1. The summed E-state index contributed by atoms with van der Waals surface area (Å²) in [6.07, 6.45) is 2.11. The largest absolute Gasteiger partial charge is 0.352 e. The number of anilines is 1. The molecule has 0 aliphatic heterocycles. The number of amides is 1. The van der Waals surface area contributed by atoms with Crippen molar-refractivity contribution in [3.63, 3.8) is 0 Å². The van der Waals surface area contributed by atoms with Crippen molar-refractivity contribution in [2.45, 2.75) is 13.3 Å². The van der Waals surface area contributed by atoms with Gasteiger partial charge in [0.2, 0.25) is 0 Å². The fourth-order valence-corrected chi connectivity index (χ4v) is 1.93. The minimum Gasteiger partial charge on any atom is -0.352 e. The summed E-state index contributed by atoms with van der Waals surface area (Å²) in [5.41, 5.74) is 5.13. The minimum atomic E-state index is -0.271. The number of hydrazine groups is 1. The van der Waals surface area contributed by atoms with Crippen molar-refractivity contribution in [2.75, 3.05) is 12.0 Å². The maximum atomic E-state index is 12.8. The third kappa shape index (κ3) is 4.00. The maximum absolute atomic E-state index is 12.8. The molecule has 1 heterocycles. The lowest BCUT2D eigenvalue weighted by molar-refractivity contribution is 0.0954. The van der Waals surface area contributed by atoms with Gasteiger partial charge in [-0.1, -0.05) is 12.1 Å². The van der Waals surface area contributed by atoms with Gasteiger partial charge >= 0.3 is 0 Å². The van der Waals surface area contributed by atoms with E-state index in [0.717, 1.165) is 11.3 Å². The number of rotatable bonds is 5. The number of halogens is 1.